The minimum absolute atomic E-state index is 0.638. The molecule has 27 nitrogen and oxygen atoms in total. The zero-order valence-corrected chi connectivity index (χ0v) is 36.3. The van der Waals surface area contributed by atoms with Crippen molar-refractivity contribution in [2.45, 2.75) is 12.8 Å². The van der Waals surface area contributed by atoms with Gasteiger partial charge in [0.2, 0.25) is 0 Å². The summed E-state index contributed by atoms with van der Waals surface area (Å²) < 4.78 is 65.1. The van der Waals surface area contributed by atoms with E-state index in [0.717, 1.165) is 18.2 Å². The van der Waals surface area contributed by atoms with Crippen molar-refractivity contribution in [3.8, 4) is 0 Å². The third-order valence-corrected chi connectivity index (χ3v) is 7.44. The van der Waals surface area contributed by atoms with Crippen molar-refractivity contribution in [2.24, 2.45) is 10.8 Å². The number of carbonyl (C=O) groups is 13. The molecule has 0 aliphatic carbocycles. The molecule has 0 saturated heterocycles. The summed E-state index contributed by atoms with van der Waals surface area (Å²) in [6, 6.07) is 0. The SMILES string of the molecule is C=CC(=O)OCC(=O)OCC(COCC(COC(=O)COC(=O)C=C)(COC(=O)COC(=O)C=C)COC(=O)COC(=O)CCC(=O)O)(COC(=O)COC(=O)C=C)COC(=O)COC(=O)C=C. The molecule has 0 spiro atoms. The molecule has 0 heterocycles. The Morgan fingerprint density at radius 3 is 0.735 bits per heavy atom. The predicted molar refractivity (Wildman–Crippen MR) is 215 cm³/mol. The van der Waals surface area contributed by atoms with Crippen molar-refractivity contribution in [1.29, 1.82) is 0 Å². The second-order valence-electron chi connectivity index (χ2n) is 13.1. The zero-order valence-electron chi connectivity index (χ0n) is 36.3. The highest BCUT2D eigenvalue weighted by atomic mass is 16.6. The van der Waals surface area contributed by atoms with E-state index >= 15 is 0 Å². The lowest BCUT2D eigenvalue weighted by molar-refractivity contribution is -0.183. The highest BCUT2D eigenvalue weighted by molar-refractivity contribution is 5.86. The molecule has 0 aromatic carbocycles. The maximum Gasteiger partial charge on any atom is 0.344 e. The van der Waals surface area contributed by atoms with Crippen molar-refractivity contribution in [2.75, 3.05) is 92.5 Å². The van der Waals surface area contributed by atoms with Crippen LogP contribution in [0.1, 0.15) is 12.8 Å². The Morgan fingerprint density at radius 2 is 0.529 bits per heavy atom. The minimum Gasteiger partial charge on any atom is -0.481 e. The Hall–Kier alpha value is -8.23. The van der Waals surface area contributed by atoms with E-state index in [-0.39, 0.29) is 0 Å². The number of hydrogen-bond acceptors (Lipinski definition) is 26. The molecule has 1 N–H and O–H groups in total. The van der Waals surface area contributed by atoms with Crippen LogP contribution in [0.2, 0.25) is 0 Å². The summed E-state index contributed by atoms with van der Waals surface area (Å²) in [6.45, 7) is 2.03. The smallest absolute Gasteiger partial charge is 0.344 e. The molecule has 0 aromatic heterocycles. The number of rotatable bonds is 36. The largest absolute Gasteiger partial charge is 0.481 e. The summed E-state index contributed by atoms with van der Waals surface area (Å²) in [5.74, 6) is -15.3. The third-order valence-electron chi connectivity index (χ3n) is 7.44. The molecule has 0 amide bonds. The molecule has 0 saturated carbocycles. The summed E-state index contributed by atoms with van der Waals surface area (Å²) in [5, 5.41) is 8.80. The highest BCUT2D eigenvalue weighted by Gasteiger charge is 2.41. The van der Waals surface area contributed by atoms with Crippen LogP contribution in [0.15, 0.2) is 63.3 Å². The average Bonchev–Trinajstić information content (AvgIpc) is 3.33. The van der Waals surface area contributed by atoms with Crippen LogP contribution in [0.25, 0.3) is 0 Å². The van der Waals surface area contributed by atoms with Gasteiger partial charge in [-0.25, -0.2) is 52.7 Å². The molecule has 0 aliphatic rings. The molecule has 0 aliphatic heterocycles. The molecular formula is C41H48O27. The van der Waals surface area contributed by atoms with Crippen molar-refractivity contribution >= 4 is 77.6 Å². The summed E-state index contributed by atoms with van der Waals surface area (Å²) in [6.07, 6.45) is 2.30. The van der Waals surface area contributed by atoms with E-state index in [4.69, 9.17) is 43.0 Å². The molecule has 68 heavy (non-hydrogen) atoms. The van der Waals surface area contributed by atoms with Crippen LogP contribution in [-0.2, 0) is 124 Å². The number of carbonyl (C=O) groups excluding carboxylic acids is 12. The van der Waals surface area contributed by atoms with Crippen molar-refractivity contribution in [3.05, 3.63) is 63.3 Å². The van der Waals surface area contributed by atoms with Crippen LogP contribution in [0.4, 0.5) is 0 Å². The first-order valence-corrected chi connectivity index (χ1v) is 19.0. The lowest BCUT2D eigenvalue weighted by Gasteiger charge is -2.35. The van der Waals surface area contributed by atoms with Crippen LogP contribution < -0.4 is 0 Å². The van der Waals surface area contributed by atoms with Crippen molar-refractivity contribution < 1.29 is 129 Å². The highest BCUT2D eigenvalue weighted by Crippen LogP contribution is 2.26. The Balaban J connectivity index is 7.21. The van der Waals surface area contributed by atoms with E-state index in [0.29, 0.717) is 12.2 Å². The molecule has 0 radical (unpaired) electrons. The Labute approximate surface area is 385 Å². The molecule has 374 valence electrons. The normalized spacial score (nSPS) is 10.4. The van der Waals surface area contributed by atoms with Gasteiger partial charge in [-0.1, -0.05) is 32.9 Å². The minimum atomic E-state index is -2.11. The standard InChI is InChI=1S/C41H48O27/c1-6-28(44)57-13-34(50)63-21-40(22-64-35(51)14-58-29(45)7-2,23-65-36(52)15-59-30(46)8-3)19-56-20-41(24-66-37(53)16-60-31(47)9-4,25-67-38(54)17-61-32(48)10-5)26-68-39(55)18-62-33(49)12-11-27(42)43/h6-10H,1-5,11-26H2,(H,42,43). The second-order valence-corrected chi connectivity index (χ2v) is 13.1. The maximum atomic E-state index is 12.8. The first kappa shape index (κ1) is 59.8. The number of esters is 12. The van der Waals surface area contributed by atoms with E-state index in [1.54, 1.807) is 0 Å². The topological polar surface area (TPSA) is 362 Å². The van der Waals surface area contributed by atoms with E-state index < -0.39 is 194 Å². The second kappa shape index (κ2) is 33.3. The summed E-state index contributed by atoms with van der Waals surface area (Å²) in [5.41, 5.74) is -4.18. The summed E-state index contributed by atoms with van der Waals surface area (Å²) in [7, 11) is 0. The fourth-order valence-electron chi connectivity index (χ4n) is 4.00. The van der Waals surface area contributed by atoms with Crippen LogP contribution in [0.5, 0.6) is 0 Å². The van der Waals surface area contributed by atoms with Gasteiger partial charge in [-0.15, -0.1) is 0 Å². The first-order chi connectivity index (χ1) is 32.2. The Kier molecular flexibility index (Phi) is 29.3. The third kappa shape index (κ3) is 28.5. The number of carboxylic acids is 1. The maximum absolute atomic E-state index is 12.8. The molecule has 27 heteroatoms. The fourth-order valence-corrected chi connectivity index (χ4v) is 4.00. The molecule has 0 rings (SSSR count). The van der Waals surface area contributed by atoms with Gasteiger partial charge in [0.05, 0.1) is 36.9 Å². The monoisotopic (exact) mass is 972 g/mol. The summed E-state index contributed by atoms with van der Waals surface area (Å²) >= 11 is 0. The fraction of sp³-hybridized carbons (Fsp3) is 0.439. The number of aliphatic carboxylic acids is 1. The Bertz CT molecular complexity index is 1760. The van der Waals surface area contributed by atoms with E-state index in [2.05, 4.69) is 56.6 Å². The van der Waals surface area contributed by atoms with E-state index in [9.17, 15) is 62.3 Å². The van der Waals surface area contributed by atoms with Crippen LogP contribution in [-0.4, -0.2) is 175 Å². The van der Waals surface area contributed by atoms with Gasteiger partial charge in [-0.2, -0.15) is 0 Å². The number of hydrogen-bond donors (Lipinski definition) is 1. The van der Waals surface area contributed by atoms with Gasteiger partial charge < -0.3 is 66.7 Å². The molecule has 0 unspecified atom stereocenters. The van der Waals surface area contributed by atoms with Crippen LogP contribution in [0.3, 0.4) is 0 Å². The van der Waals surface area contributed by atoms with Gasteiger partial charge in [0.15, 0.2) is 39.6 Å². The van der Waals surface area contributed by atoms with Gasteiger partial charge >= 0.3 is 77.6 Å². The lowest BCUT2D eigenvalue weighted by atomic mass is 9.90. The van der Waals surface area contributed by atoms with Crippen LogP contribution >= 0.6 is 0 Å². The van der Waals surface area contributed by atoms with Gasteiger partial charge in [0.1, 0.15) is 39.6 Å². The van der Waals surface area contributed by atoms with Gasteiger partial charge in [-0.05, 0) is 0 Å². The molecule has 0 aromatic rings. The summed E-state index contributed by atoms with van der Waals surface area (Å²) in [4.78, 5) is 157. The zero-order chi connectivity index (χ0) is 51.5. The molecule has 0 bridgehead atoms. The average molecular weight is 973 g/mol. The molecule has 0 fully saturated rings. The molecular weight excluding hydrogens is 924 g/mol. The van der Waals surface area contributed by atoms with Crippen molar-refractivity contribution in [3.63, 3.8) is 0 Å². The Morgan fingerprint density at radius 1 is 0.309 bits per heavy atom. The van der Waals surface area contributed by atoms with E-state index in [1.807, 2.05) is 0 Å². The number of ether oxygens (including phenoxy) is 13. The van der Waals surface area contributed by atoms with Crippen molar-refractivity contribution in [1.82, 2.24) is 0 Å². The molecule has 0 atom stereocenters. The number of carboxylic acid groups (broad SMARTS) is 1. The quantitative estimate of drug-likeness (QED) is 0.0415. The van der Waals surface area contributed by atoms with Gasteiger partial charge in [0, 0.05) is 30.4 Å². The van der Waals surface area contributed by atoms with E-state index in [1.165, 1.54) is 0 Å². The van der Waals surface area contributed by atoms with Crippen LogP contribution in [0, 0.1) is 10.8 Å². The first-order valence-electron chi connectivity index (χ1n) is 19.0. The lowest BCUT2D eigenvalue weighted by Crippen LogP contribution is -2.48. The van der Waals surface area contributed by atoms with Gasteiger partial charge in [0.25, 0.3) is 0 Å². The van der Waals surface area contributed by atoms with Gasteiger partial charge in [-0.3, -0.25) is 9.59 Å². The predicted octanol–water partition coefficient (Wildman–Crippen LogP) is -1.71.